The van der Waals surface area contributed by atoms with Crippen molar-refractivity contribution < 1.29 is 0 Å². The minimum Gasteiger partial charge on any atom is -0.315 e. The Labute approximate surface area is 97.8 Å². The molecule has 0 spiro atoms. The molecule has 0 heterocycles. The van der Waals surface area contributed by atoms with Crippen LogP contribution in [0.25, 0.3) is 0 Å². The highest BCUT2D eigenvalue weighted by Gasteiger charge is 1.95. The molecule has 0 bridgehead atoms. The monoisotopic (exact) mass is 225 g/mol. The Balaban J connectivity index is 2.12. The first kappa shape index (κ1) is 12.5. The summed E-state index contributed by atoms with van der Waals surface area (Å²) in [5, 5.41) is 4.24. The summed E-state index contributed by atoms with van der Waals surface area (Å²) in [7, 11) is 0. The molecule has 1 aromatic rings. The fourth-order valence-corrected chi connectivity index (χ4v) is 1.62. The van der Waals surface area contributed by atoms with Gasteiger partial charge in [-0.2, -0.15) is 0 Å². The molecule has 0 atom stereocenters. The predicted octanol–water partition coefficient (Wildman–Crippen LogP) is 3.66. The fourth-order valence-electron chi connectivity index (χ4n) is 1.50. The van der Waals surface area contributed by atoms with Gasteiger partial charge in [-0.05, 0) is 43.5 Å². The zero-order valence-corrected chi connectivity index (χ0v) is 10.3. The standard InChI is InChI=1S/C13H20ClN/c1-11(2)15-10-4-3-5-12-6-8-13(14)9-7-12/h6-9,11,15H,3-5,10H2,1-2H3. The van der Waals surface area contributed by atoms with E-state index in [0.29, 0.717) is 6.04 Å². The third-order valence-corrected chi connectivity index (χ3v) is 2.61. The summed E-state index contributed by atoms with van der Waals surface area (Å²) in [4.78, 5) is 0. The van der Waals surface area contributed by atoms with E-state index in [1.807, 2.05) is 12.1 Å². The number of hydrogen-bond donors (Lipinski definition) is 1. The molecule has 1 nitrogen and oxygen atoms in total. The highest BCUT2D eigenvalue weighted by atomic mass is 35.5. The van der Waals surface area contributed by atoms with Crippen LogP contribution in [0.15, 0.2) is 24.3 Å². The van der Waals surface area contributed by atoms with Crippen LogP contribution in [0.2, 0.25) is 5.02 Å². The summed E-state index contributed by atoms with van der Waals surface area (Å²) < 4.78 is 0. The zero-order valence-electron chi connectivity index (χ0n) is 9.59. The molecule has 0 saturated heterocycles. The lowest BCUT2D eigenvalue weighted by molar-refractivity contribution is 0.557. The Kier molecular flexibility index (Phi) is 5.74. The second-order valence-corrected chi connectivity index (χ2v) is 4.63. The Morgan fingerprint density at radius 3 is 2.40 bits per heavy atom. The van der Waals surface area contributed by atoms with Gasteiger partial charge in [-0.15, -0.1) is 0 Å². The van der Waals surface area contributed by atoms with Crippen molar-refractivity contribution in [2.75, 3.05) is 6.54 Å². The Morgan fingerprint density at radius 2 is 1.80 bits per heavy atom. The van der Waals surface area contributed by atoms with Gasteiger partial charge in [0.25, 0.3) is 0 Å². The largest absolute Gasteiger partial charge is 0.315 e. The van der Waals surface area contributed by atoms with Gasteiger partial charge < -0.3 is 5.32 Å². The average molecular weight is 226 g/mol. The molecule has 1 rings (SSSR count). The Bertz CT molecular complexity index is 266. The SMILES string of the molecule is CC(C)NCCCCc1ccc(Cl)cc1. The van der Waals surface area contributed by atoms with E-state index in [-0.39, 0.29) is 0 Å². The maximum absolute atomic E-state index is 5.82. The first-order valence-electron chi connectivity index (χ1n) is 5.66. The third-order valence-electron chi connectivity index (χ3n) is 2.36. The van der Waals surface area contributed by atoms with Crippen molar-refractivity contribution in [2.24, 2.45) is 0 Å². The molecule has 0 aliphatic heterocycles. The van der Waals surface area contributed by atoms with Crippen LogP contribution in [0, 0.1) is 0 Å². The number of benzene rings is 1. The number of rotatable bonds is 6. The quantitative estimate of drug-likeness (QED) is 0.729. The minimum atomic E-state index is 0.598. The van der Waals surface area contributed by atoms with E-state index >= 15 is 0 Å². The molecule has 2 heteroatoms. The third kappa shape index (κ3) is 5.81. The predicted molar refractivity (Wildman–Crippen MR) is 67.5 cm³/mol. The van der Waals surface area contributed by atoms with E-state index in [4.69, 9.17) is 11.6 Å². The molecule has 0 fully saturated rings. The van der Waals surface area contributed by atoms with E-state index < -0.39 is 0 Å². The molecule has 0 unspecified atom stereocenters. The number of hydrogen-bond acceptors (Lipinski definition) is 1. The summed E-state index contributed by atoms with van der Waals surface area (Å²) in [6, 6.07) is 8.74. The summed E-state index contributed by atoms with van der Waals surface area (Å²) in [5.41, 5.74) is 1.38. The topological polar surface area (TPSA) is 12.0 Å². The van der Waals surface area contributed by atoms with Gasteiger partial charge in [0.15, 0.2) is 0 Å². The molecule has 0 radical (unpaired) electrons. The van der Waals surface area contributed by atoms with Crippen LogP contribution < -0.4 is 5.32 Å². The molecule has 0 aliphatic carbocycles. The van der Waals surface area contributed by atoms with Crippen molar-refractivity contribution in [3.8, 4) is 0 Å². The number of halogens is 1. The van der Waals surface area contributed by atoms with E-state index in [1.54, 1.807) is 0 Å². The van der Waals surface area contributed by atoms with E-state index in [1.165, 1.54) is 18.4 Å². The molecule has 0 aliphatic rings. The van der Waals surface area contributed by atoms with Crippen molar-refractivity contribution >= 4 is 11.6 Å². The van der Waals surface area contributed by atoms with Crippen molar-refractivity contribution in [1.82, 2.24) is 5.32 Å². The van der Waals surface area contributed by atoms with Gasteiger partial charge in [-0.25, -0.2) is 0 Å². The maximum Gasteiger partial charge on any atom is 0.0406 e. The lowest BCUT2D eigenvalue weighted by atomic mass is 10.1. The van der Waals surface area contributed by atoms with Gasteiger partial charge in [0, 0.05) is 11.1 Å². The smallest absolute Gasteiger partial charge is 0.0406 e. The first-order valence-corrected chi connectivity index (χ1v) is 6.04. The molecule has 0 aromatic heterocycles. The summed E-state index contributed by atoms with van der Waals surface area (Å²) >= 11 is 5.82. The van der Waals surface area contributed by atoms with Crippen LogP contribution >= 0.6 is 11.6 Å². The van der Waals surface area contributed by atoms with Crippen molar-refractivity contribution in [3.05, 3.63) is 34.9 Å². The lowest BCUT2D eigenvalue weighted by Gasteiger charge is -2.07. The van der Waals surface area contributed by atoms with Gasteiger partial charge in [-0.3, -0.25) is 0 Å². The van der Waals surface area contributed by atoms with E-state index in [2.05, 4.69) is 31.3 Å². The second kappa shape index (κ2) is 6.86. The van der Waals surface area contributed by atoms with Crippen LogP contribution in [0.5, 0.6) is 0 Å². The van der Waals surface area contributed by atoms with Gasteiger partial charge in [0.05, 0.1) is 0 Å². The van der Waals surface area contributed by atoms with Gasteiger partial charge in [-0.1, -0.05) is 37.6 Å². The van der Waals surface area contributed by atoms with Gasteiger partial charge >= 0.3 is 0 Å². The second-order valence-electron chi connectivity index (χ2n) is 4.19. The molecular weight excluding hydrogens is 206 g/mol. The molecule has 0 amide bonds. The normalized spacial score (nSPS) is 10.9. The van der Waals surface area contributed by atoms with Crippen molar-refractivity contribution in [1.29, 1.82) is 0 Å². The number of nitrogens with one attached hydrogen (secondary N) is 1. The summed E-state index contributed by atoms with van der Waals surface area (Å²) in [5.74, 6) is 0. The van der Waals surface area contributed by atoms with Crippen LogP contribution in [0.1, 0.15) is 32.3 Å². The first-order chi connectivity index (χ1) is 7.18. The number of aryl methyl sites for hydroxylation is 1. The average Bonchev–Trinajstić information content (AvgIpc) is 2.20. The summed E-state index contributed by atoms with van der Waals surface area (Å²) in [6.07, 6.45) is 3.62. The molecule has 84 valence electrons. The molecule has 1 N–H and O–H groups in total. The summed E-state index contributed by atoms with van der Waals surface area (Å²) in [6.45, 7) is 5.48. The van der Waals surface area contributed by atoms with E-state index in [0.717, 1.165) is 18.0 Å². The fraction of sp³-hybridized carbons (Fsp3) is 0.538. The maximum atomic E-state index is 5.82. The highest BCUT2D eigenvalue weighted by molar-refractivity contribution is 6.30. The van der Waals surface area contributed by atoms with Crippen LogP contribution in [0.3, 0.4) is 0 Å². The molecular formula is C13H20ClN. The van der Waals surface area contributed by atoms with Crippen LogP contribution in [-0.4, -0.2) is 12.6 Å². The van der Waals surface area contributed by atoms with Gasteiger partial charge in [0.1, 0.15) is 0 Å². The lowest BCUT2D eigenvalue weighted by Crippen LogP contribution is -2.23. The minimum absolute atomic E-state index is 0.598. The highest BCUT2D eigenvalue weighted by Crippen LogP contribution is 2.11. The molecule has 15 heavy (non-hydrogen) atoms. The number of unbranched alkanes of at least 4 members (excludes halogenated alkanes) is 1. The van der Waals surface area contributed by atoms with Gasteiger partial charge in [0.2, 0.25) is 0 Å². The van der Waals surface area contributed by atoms with Crippen molar-refractivity contribution in [3.63, 3.8) is 0 Å². The van der Waals surface area contributed by atoms with Crippen LogP contribution in [-0.2, 0) is 6.42 Å². The Hall–Kier alpha value is -0.530. The Morgan fingerprint density at radius 1 is 1.13 bits per heavy atom. The molecule has 0 saturated carbocycles. The van der Waals surface area contributed by atoms with E-state index in [9.17, 15) is 0 Å². The molecule has 1 aromatic carbocycles. The van der Waals surface area contributed by atoms with Crippen molar-refractivity contribution in [2.45, 2.75) is 39.2 Å². The zero-order chi connectivity index (χ0) is 11.1. The van der Waals surface area contributed by atoms with Crippen LogP contribution in [0.4, 0.5) is 0 Å².